The molecule has 1 heterocycles. The Morgan fingerprint density at radius 3 is 2.97 bits per heavy atom. The van der Waals surface area contributed by atoms with E-state index >= 15 is 0 Å². The number of aromatic hydroxyl groups is 1. The van der Waals surface area contributed by atoms with E-state index in [0.29, 0.717) is 37.7 Å². The summed E-state index contributed by atoms with van der Waals surface area (Å²) >= 11 is 0. The van der Waals surface area contributed by atoms with Crippen molar-refractivity contribution in [3.63, 3.8) is 0 Å². The molecule has 6 heteroatoms. The standard InChI is InChI=1S/C23H33NO5/c1-24(16-29-22(26)15-28-12-11-27-2)10-9-23-8-4-3-5-19(23)21(24)13-17-6-7-18(25)14-20(17)23/h6-7,14,19,21H,3-5,8-13,15-16H2,1-2H3/p+1/t19-,21+,23+,24?/m0/s1. The van der Waals surface area contributed by atoms with Crippen molar-refractivity contribution in [2.45, 2.75) is 50.0 Å². The summed E-state index contributed by atoms with van der Waals surface area (Å²) in [6.07, 6.45) is 7.03. The molecule has 1 aromatic rings. The molecule has 0 spiro atoms. The van der Waals surface area contributed by atoms with Crippen LogP contribution in [0.3, 0.4) is 0 Å². The molecule has 3 aliphatic rings. The topological polar surface area (TPSA) is 65.0 Å². The van der Waals surface area contributed by atoms with Crippen molar-refractivity contribution in [3.05, 3.63) is 29.3 Å². The van der Waals surface area contributed by atoms with Crippen LogP contribution in [0.1, 0.15) is 43.2 Å². The highest BCUT2D eigenvalue weighted by atomic mass is 16.6. The fraction of sp³-hybridized carbons (Fsp3) is 0.696. The quantitative estimate of drug-likeness (QED) is 0.430. The fourth-order valence-corrected chi connectivity index (χ4v) is 6.17. The van der Waals surface area contributed by atoms with Gasteiger partial charge in [0.15, 0.2) is 0 Å². The first-order valence-electron chi connectivity index (χ1n) is 10.9. The van der Waals surface area contributed by atoms with Gasteiger partial charge in [0.25, 0.3) is 0 Å². The number of phenolic OH excluding ortho intramolecular Hbond substituents is 1. The maximum Gasteiger partial charge on any atom is 0.336 e. The van der Waals surface area contributed by atoms with Crippen molar-refractivity contribution in [3.8, 4) is 5.75 Å². The van der Waals surface area contributed by atoms with E-state index < -0.39 is 0 Å². The zero-order valence-electron chi connectivity index (χ0n) is 17.7. The molecule has 1 aromatic carbocycles. The lowest BCUT2D eigenvalue weighted by atomic mass is 9.52. The molecule has 2 aliphatic carbocycles. The summed E-state index contributed by atoms with van der Waals surface area (Å²) in [5, 5.41) is 10.1. The average Bonchev–Trinajstić information content (AvgIpc) is 2.73. The number of rotatable bonds is 7. The zero-order chi connectivity index (χ0) is 20.5. The summed E-state index contributed by atoms with van der Waals surface area (Å²) in [6, 6.07) is 6.39. The van der Waals surface area contributed by atoms with Crippen LogP contribution < -0.4 is 0 Å². The smallest absolute Gasteiger partial charge is 0.336 e. The highest BCUT2D eigenvalue weighted by Crippen LogP contribution is 2.57. The van der Waals surface area contributed by atoms with Crippen LogP contribution >= 0.6 is 0 Å². The number of quaternary nitrogens is 1. The number of carbonyl (C=O) groups excluding carboxylic acids is 1. The maximum atomic E-state index is 12.2. The van der Waals surface area contributed by atoms with E-state index in [4.69, 9.17) is 14.2 Å². The molecular weight excluding hydrogens is 370 g/mol. The molecule has 6 nitrogen and oxygen atoms in total. The number of nitrogens with zero attached hydrogens (tertiary/aromatic N) is 1. The Bertz CT molecular complexity index is 753. The van der Waals surface area contributed by atoms with Crippen molar-refractivity contribution in [2.75, 3.05) is 47.3 Å². The van der Waals surface area contributed by atoms with E-state index in [1.807, 2.05) is 12.1 Å². The number of piperidine rings is 1. The lowest BCUT2D eigenvalue weighted by Crippen LogP contribution is -2.69. The van der Waals surface area contributed by atoms with Crippen molar-refractivity contribution < 1.29 is 28.6 Å². The molecule has 2 fully saturated rings. The number of benzene rings is 1. The molecule has 1 N–H and O–H groups in total. The second-order valence-corrected chi connectivity index (χ2v) is 9.27. The Morgan fingerprint density at radius 1 is 1.28 bits per heavy atom. The Morgan fingerprint density at radius 2 is 2.14 bits per heavy atom. The summed E-state index contributed by atoms with van der Waals surface area (Å²) < 4.78 is 16.7. The van der Waals surface area contributed by atoms with Gasteiger partial charge in [-0.05, 0) is 36.1 Å². The van der Waals surface area contributed by atoms with Gasteiger partial charge in [-0.3, -0.25) is 4.48 Å². The Labute approximate surface area is 173 Å². The predicted octanol–water partition coefficient (Wildman–Crippen LogP) is 2.76. The van der Waals surface area contributed by atoms with Crippen LogP contribution in [0.5, 0.6) is 5.75 Å². The monoisotopic (exact) mass is 404 g/mol. The first kappa shape index (κ1) is 20.6. The van der Waals surface area contributed by atoms with Gasteiger partial charge in [-0.2, -0.15) is 0 Å². The van der Waals surface area contributed by atoms with Crippen molar-refractivity contribution in [1.82, 2.24) is 0 Å². The lowest BCUT2D eigenvalue weighted by molar-refractivity contribution is -0.959. The summed E-state index contributed by atoms with van der Waals surface area (Å²) in [4.78, 5) is 12.2. The number of carbonyl (C=O) groups is 1. The van der Waals surface area contributed by atoms with E-state index in [9.17, 15) is 9.90 Å². The minimum atomic E-state index is -0.304. The largest absolute Gasteiger partial charge is 0.508 e. The normalized spacial score (nSPS) is 32.9. The highest BCUT2D eigenvalue weighted by molar-refractivity contribution is 5.70. The van der Waals surface area contributed by atoms with E-state index in [1.165, 1.54) is 36.8 Å². The first-order valence-corrected chi connectivity index (χ1v) is 10.9. The molecule has 0 aromatic heterocycles. The number of fused-ring (bicyclic) bond motifs is 1. The van der Waals surface area contributed by atoms with Gasteiger partial charge in [0.2, 0.25) is 6.73 Å². The van der Waals surface area contributed by atoms with Crippen LogP contribution in [0.25, 0.3) is 0 Å². The summed E-state index contributed by atoms with van der Waals surface area (Å²) in [5.74, 6) is 0.661. The minimum Gasteiger partial charge on any atom is -0.508 e. The third-order valence-corrected chi connectivity index (χ3v) is 7.66. The van der Waals surface area contributed by atoms with Gasteiger partial charge >= 0.3 is 5.97 Å². The number of hydrogen-bond acceptors (Lipinski definition) is 5. The highest BCUT2D eigenvalue weighted by Gasteiger charge is 2.59. The Hall–Kier alpha value is -1.63. The fourth-order valence-electron chi connectivity index (χ4n) is 6.17. The van der Waals surface area contributed by atoms with Crippen LogP contribution in [0.15, 0.2) is 18.2 Å². The number of likely N-dealkylation sites (N-methyl/N-ethyl adjacent to an activating group) is 1. The predicted molar refractivity (Wildman–Crippen MR) is 109 cm³/mol. The first-order chi connectivity index (χ1) is 14.0. The van der Waals surface area contributed by atoms with Crippen LogP contribution in [-0.2, 0) is 30.8 Å². The molecule has 0 amide bonds. The number of esters is 1. The Kier molecular flexibility index (Phi) is 5.87. The van der Waals surface area contributed by atoms with Gasteiger partial charge < -0.3 is 19.3 Å². The molecule has 4 rings (SSSR count). The van der Waals surface area contributed by atoms with Gasteiger partial charge in [-0.15, -0.1) is 0 Å². The molecule has 0 radical (unpaired) electrons. The third-order valence-electron chi connectivity index (χ3n) is 7.66. The zero-order valence-corrected chi connectivity index (χ0v) is 17.7. The van der Waals surface area contributed by atoms with E-state index in [1.54, 1.807) is 7.11 Å². The number of phenols is 1. The molecule has 4 atom stereocenters. The minimum absolute atomic E-state index is 0.0243. The lowest BCUT2D eigenvalue weighted by Gasteiger charge is -2.60. The van der Waals surface area contributed by atoms with E-state index in [-0.39, 0.29) is 18.0 Å². The van der Waals surface area contributed by atoms with Crippen LogP contribution in [0.2, 0.25) is 0 Å². The van der Waals surface area contributed by atoms with Crippen LogP contribution in [0.4, 0.5) is 0 Å². The number of ether oxygens (including phenoxy) is 3. The second-order valence-electron chi connectivity index (χ2n) is 9.27. The van der Waals surface area contributed by atoms with Crippen molar-refractivity contribution in [1.29, 1.82) is 0 Å². The number of hydrogen-bond donors (Lipinski definition) is 1. The molecule has 160 valence electrons. The summed E-state index contributed by atoms with van der Waals surface area (Å²) in [5.41, 5.74) is 2.93. The Balaban J connectivity index is 1.50. The molecule has 1 aliphatic heterocycles. The molecular formula is C23H34NO5+. The van der Waals surface area contributed by atoms with Gasteiger partial charge in [0, 0.05) is 31.3 Å². The summed E-state index contributed by atoms with van der Waals surface area (Å²) in [6.45, 7) is 2.24. The van der Waals surface area contributed by atoms with E-state index in [0.717, 1.165) is 23.9 Å². The SMILES string of the molecule is COCCOCC(=O)OC[N+]1(C)CC[C@]23CCCC[C@H]2[C@H]1Cc1ccc(O)cc13. The van der Waals surface area contributed by atoms with Crippen molar-refractivity contribution >= 4 is 5.97 Å². The van der Waals surface area contributed by atoms with E-state index in [2.05, 4.69) is 13.1 Å². The molecule has 2 bridgehead atoms. The summed E-state index contributed by atoms with van der Waals surface area (Å²) in [7, 11) is 3.85. The molecule has 1 unspecified atom stereocenters. The van der Waals surface area contributed by atoms with Gasteiger partial charge in [-0.1, -0.05) is 18.9 Å². The van der Waals surface area contributed by atoms with Gasteiger partial charge in [-0.25, -0.2) is 4.79 Å². The van der Waals surface area contributed by atoms with Crippen LogP contribution in [-0.4, -0.2) is 68.9 Å². The molecule has 1 saturated heterocycles. The third kappa shape index (κ3) is 3.78. The van der Waals surface area contributed by atoms with Gasteiger partial charge in [0.1, 0.15) is 12.4 Å². The molecule has 29 heavy (non-hydrogen) atoms. The molecule has 1 saturated carbocycles. The average molecular weight is 405 g/mol. The maximum absolute atomic E-state index is 12.2. The number of methoxy groups -OCH3 is 1. The van der Waals surface area contributed by atoms with Crippen LogP contribution in [0, 0.1) is 5.92 Å². The van der Waals surface area contributed by atoms with Gasteiger partial charge in [0.05, 0.1) is 32.8 Å². The second kappa shape index (κ2) is 8.25. The number of likely N-dealkylation sites (tertiary alicyclic amines) is 1. The van der Waals surface area contributed by atoms with Crippen molar-refractivity contribution in [2.24, 2.45) is 5.92 Å².